The van der Waals surface area contributed by atoms with Gasteiger partial charge in [0, 0.05) is 4.88 Å². The molecule has 7 nitrogen and oxygen atoms in total. The van der Waals surface area contributed by atoms with Crippen LogP contribution in [-0.2, 0) is 32.0 Å². The molecule has 0 N–H and O–H groups in total. The Bertz CT molecular complexity index is 1480. The molecular formula is C31H31FN2O5S. The van der Waals surface area contributed by atoms with Gasteiger partial charge in [-0.05, 0) is 66.0 Å². The second kappa shape index (κ2) is 9.82. The van der Waals surface area contributed by atoms with Crippen LogP contribution >= 0.6 is 11.3 Å². The summed E-state index contributed by atoms with van der Waals surface area (Å²) in [5.41, 5.74) is 2.57. The largest absolute Gasteiger partial charge is 0.465 e. The molecule has 0 spiro atoms. The van der Waals surface area contributed by atoms with Crippen molar-refractivity contribution < 1.29 is 28.3 Å². The highest BCUT2D eigenvalue weighted by Crippen LogP contribution is 2.51. The van der Waals surface area contributed by atoms with Gasteiger partial charge in [-0.3, -0.25) is 14.4 Å². The number of hydrogen-bond acceptors (Lipinski definition) is 7. The Morgan fingerprint density at radius 2 is 1.75 bits per heavy atom. The second-order valence-electron chi connectivity index (χ2n) is 11.7. The second-order valence-corrected chi connectivity index (χ2v) is 12.8. The number of halogens is 1. The summed E-state index contributed by atoms with van der Waals surface area (Å²) >= 11 is 1.33. The summed E-state index contributed by atoms with van der Waals surface area (Å²) in [5.74, 6) is -2.39. The van der Waals surface area contributed by atoms with E-state index < -0.39 is 41.7 Å². The molecule has 2 aliphatic heterocycles. The zero-order chi connectivity index (χ0) is 28.3. The van der Waals surface area contributed by atoms with Gasteiger partial charge in [0.2, 0.25) is 5.91 Å². The number of ether oxygens (including phenoxy) is 1. The molecule has 40 heavy (non-hydrogen) atoms. The maximum atomic E-state index is 14.2. The number of carbonyl (C=O) groups is 3. The number of benzene rings is 2. The monoisotopic (exact) mass is 562 g/mol. The third kappa shape index (κ3) is 4.23. The van der Waals surface area contributed by atoms with Gasteiger partial charge < -0.3 is 4.74 Å². The third-order valence-corrected chi connectivity index (χ3v) is 9.64. The summed E-state index contributed by atoms with van der Waals surface area (Å²) in [5, 5.41) is 1.88. The van der Waals surface area contributed by atoms with Gasteiger partial charge in [0.05, 0.1) is 24.4 Å². The molecule has 3 aromatic rings. The lowest BCUT2D eigenvalue weighted by Gasteiger charge is -2.33. The van der Waals surface area contributed by atoms with Gasteiger partial charge in [0.25, 0.3) is 5.91 Å². The van der Waals surface area contributed by atoms with Crippen molar-refractivity contribution in [2.45, 2.75) is 52.2 Å². The van der Waals surface area contributed by atoms with Crippen molar-refractivity contribution >= 4 is 39.8 Å². The fraction of sp³-hybridized carbons (Fsp3) is 0.387. The molecule has 0 radical (unpaired) electrons. The van der Waals surface area contributed by atoms with Gasteiger partial charge in [0.1, 0.15) is 16.7 Å². The zero-order valence-corrected chi connectivity index (χ0v) is 23.7. The number of methoxy groups -OCH3 is 1. The van der Waals surface area contributed by atoms with Crippen molar-refractivity contribution in [3.05, 3.63) is 82.0 Å². The molecule has 3 heterocycles. The number of para-hydroxylation sites is 1. The zero-order valence-electron chi connectivity index (χ0n) is 22.8. The van der Waals surface area contributed by atoms with Gasteiger partial charge >= 0.3 is 5.97 Å². The Hall–Kier alpha value is -3.56. The number of anilines is 2. The Morgan fingerprint density at radius 1 is 1.05 bits per heavy atom. The van der Waals surface area contributed by atoms with Crippen LogP contribution in [0.2, 0.25) is 0 Å². The van der Waals surface area contributed by atoms with Crippen molar-refractivity contribution in [3.8, 4) is 0 Å². The summed E-state index contributed by atoms with van der Waals surface area (Å²) in [6.07, 6.45) is 1.27. The Kier molecular flexibility index (Phi) is 6.54. The predicted molar refractivity (Wildman–Crippen MR) is 150 cm³/mol. The van der Waals surface area contributed by atoms with E-state index in [1.54, 1.807) is 17.2 Å². The van der Waals surface area contributed by atoms with E-state index in [9.17, 15) is 18.8 Å². The van der Waals surface area contributed by atoms with Crippen molar-refractivity contribution in [2.75, 3.05) is 17.1 Å². The molecule has 0 unspecified atom stereocenters. The van der Waals surface area contributed by atoms with Crippen molar-refractivity contribution in [1.29, 1.82) is 0 Å². The number of rotatable bonds is 4. The summed E-state index contributed by atoms with van der Waals surface area (Å²) in [6, 6.07) is 14.4. The Morgan fingerprint density at radius 3 is 2.40 bits per heavy atom. The van der Waals surface area contributed by atoms with Gasteiger partial charge in [-0.25, -0.2) is 19.1 Å². The normalized spacial score (nSPS) is 24.3. The van der Waals surface area contributed by atoms with Crippen LogP contribution in [0.1, 0.15) is 59.6 Å². The molecule has 4 atom stereocenters. The molecule has 3 aliphatic rings. The number of imide groups is 1. The van der Waals surface area contributed by atoms with Crippen LogP contribution in [0.4, 0.5) is 15.1 Å². The van der Waals surface area contributed by atoms with Crippen LogP contribution < -0.4 is 9.96 Å². The highest BCUT2D eigenvalue weighted by Gasteiger charge is 2.61. The number of amides is 2. The minimum Gasteiger partial charge on any atom is -0.465 e. The topological polar surface area (TPSA) is 76.2 Å². The highest BCUT2D eigenvalue weighted by atomic mass is 32.1. The smallest absolute Gasteiger partial charge is 0.341 e. The van der Waals surface area contributed by atoms with E-state index in [4.69, 9.17) is 9.57 Å². The van der Waals surface area contributed by atoms with E-state index in [-0.39, 0.29) is 5.41 Å². The fourth-order valence-electron chi connectivity index (χ4n) is 6.19. The van der Waals surface area contributed by atoms with Gasteiger partial charge in [-0.1, -0.05) is 51.1 Å². The van der Waals surface area contributed by atoms with E-state index in [2.05, 4.69) is 20.8 Å². The number of hydrogen-bond donors (Lipinski definition) is 0. The molecule has 0 bridgehead atoms. The predicted octanol–water partition coefficient (Wildman–Crippen LogP) is 5.88. The van der Waals surface area contributed by atoms with Crippen LogP contribution in [0.3, 0.4) is 0 Å². The lowest BCUT2D eigenvalue weighted by Crippen LogP contribution is -2.37. The van der Waals surface area contributed by atoms with Crippen LogP contribution in [0, 0.1) is 23.1 Å². The van der Waals surface area contributed by atoms with Gasteiger partial charge in [0.15, 0.2) is 6.10 Å². The quantitative estimate of drug-likeness (QED) is 0.292. The molecule has 2 amide bonds. The molecule has 2 fully saturated rings. The first-order valence-electron chi connectivity index (χ1n) is 13.5. The number of thiophene rings is 1. The molecule has 6 rings (SSSR count). The molecule has 0 saturated carbocycles. The average Bonchev–Trinajstić information content (AvgIpc) is 3.58. The maximum Gasteiger partial charge on any atom is 0.341 e. The summed E-state index contributed by atoms with van der Waals surface area (Å²) in [7, 11) is 1.31. The number of carbonyl (C=O) groups excluding carboxylic acids is 3. The van der Waals surface area contributed by atoms with Crippen LogP contribution in [-0.4, -0.2) is 31.0 Å². The van der Waals surface area contributed by atoms with E-state index in [0.29, 0.717) is 34.2 Å². The number of fused-ring (bicyclic) bond motifs is 2. The maximum absolute atomic E-state index is 14.2. The van der Waals surface area contributed by atoms with Gasteiger partial charge in [-0.2, -0.15) is 0 Å². The number of hydroxylamine groups is 1. The lowest BCUT2D eigenvalue weighted by molar-refractivity contribution is -0.126. The molecule has 2 saturated heterocycles. The van der Waals surface area contributed by atoms with Crippen molar-refractivity contribution in [3.63, 3.8) is 0 Å². The number of esters is 1. The van der Waals surface area contributed by atoms with Crippen molar-refractivity contribution in [1.82, 2.24) is 0 Å². The fourth-order valence-corrected chi connectivity index (χ4v) is 7.62. The summed E-state index contributed by atoms with van der Waals surface area (Å²) in [6.45, 7) is 6.62. The molecule has 9 heteroatoms. The molecule has 208 valence electrons. The minimum atomic E-state index is -1.09. The third-order valence-electron chi connectivity index (χ3n) is 8.40. The first-order chi connectivity index (χ1) is 19.1. The van der Waals surface area contributed by atoms with Crippen LogP contribution in [0.15, 0.2) is 54.6 Å². The Balaban J connectivity index is 1.43. The summed E-state index contributed by atoms with van der Waals surface area (Å²) < 4.78 is 19.0. The lowest BCUT2D eigenvalue weighted by atomic mass is 9.72. The Labute approximate surface area is 236 Å². The average molecular weight is 563 g/mol. The van der Waals surface area contributed by atoms with E-state index in [1.807, 2.05) is 30.3 Å². The minimum absolute atomic E-state index is 0.0840. The van der Waals surface area contributed by atoms with E-state index >= 15 is 0 Å². The molecule has 1 aliphatic carbocycles. The SMILES string of the molecule is COC(=O)c1c(N2C(=O)[C@H]3[C@@H](c4ccc(F)cc4)N(c4ccccc4)O[C@H]3C2=O)sc2c1CC[C@H](C(C)(C)C)C2. The standard InChI is InChI=1S/C31H31FN2O5S/c1-31(2,3)18-12-15-21-22(16-18)40-29(23(21)30(37)38-4)33-27(35)24-25(17-10-13-19(32)14-11-17)34(39-26(24)28(33)36)20-8-6-5-7-9-20/h5-11,13-14,18,24-26H,12,15-16H2,1-4H3/t18-,24-,25+,26+/m0/s1. The first kappa shape index (κ1) is 26.7. The highest BCUT2D eigenvalue weighted by molar-refractivity contribution is 7.17. The van der Waals surface area contributed by atoms with E-state index in [0.717, 1.165) is 28.2 Å². The molecular weight excluding hydrogens is 531 g/mol. The molecule has 1 aromatic heterocycles. The number of nitrogens with zero attached hydrogens (tertiary/aromatic N) is 2. The van der Waals surface area contributed by atoms with Gasteiger partial charge in [-0.15, -0.1) is 11.3 Å². The van der Waals surface area contributed by atoms with Crippen LogP contribution in [0.5, 0.6) is 0 Å². The molecule has 2 aromatic carbocycles. The summed E-state index contributed by atoms with van der Waals surface area (Å²) in [4.78, 5) is 49.6. The van der Waals surface area contributed by atoms with Crippen LogP contribution in [0.25, 0.3) is 0 Å². The van der Waals surface area contributed by atoms with E-state index in [1.165, 1.54) is 30.6 Å². The first-order valence-corrected chi connectivity index (χ1v) is 14.3. The van der Waals surface area contributed by atoms with Crippen molar-refractivity contribution in [2.24, 2.45) is 17.3 Å².